The molecule has 0 unspecified atom stereocenters. The predicted molar refractivity (Wildman–Crippen MR) is 128 cm³/mol. The molecule has 0 aliphatic carbocycles. The molecule has 7 heteroatoms. The van der Waals surface area contributed by atoms with Gasteiger partial charge in [-0.15, -0.1) is 0 Å². The van der Waals surface area contributed by atoms with Crippen LogP contribution in [0.25, 0.3) is 22.3 Å². The van der Waals surface area contributed by atoms with Gasteiger partial charge in [0.15, 0.2) is 5.65 Å². The fourth-order valence-corrected chi connectivity index (χ4v) is 4.37. The Kier molecular flexibility index (Phi) is 5.55. The molecule has 2 amide bonds. The molecule has 3 heterocycles. The summed E-state index contributed by atoms with van der Waals surface area (Å²) in [4.78, 5) is 30.6. The third-order valence-corrected chi connectivity index (χ3v) is 6.17. The Morgan fingerprint density at radius 1 is 1.09 bits per heavy atom. The molecule has 0 bridgehead atoms. The van der Waals surface area contributed by atoms with Gasteiger partial charge in [0.05, 0.1) is 0 Å². The average molecular weight is 449 g/mol. The number of phenolic OH excluding ortho intramolecular Hbond substituents is 1. The van der Waals surface area contributed by atoms with E-state index in [1.807, 2.05) is 24.3 Å². The number of carbonyl (C=O) groups is 2. The summed E-state index contributed by atoms with van der Waals surface area (Å²) < 4.78 is 1.58. The van der Waals surface area contributed by atoms with Gasteiger partial charge in [0, 0.05) is 41.2 Å². The summed E-state index contributed by atoms with van der Waals surface area (Å²) in [6, 6.07) is 7.75. The summed E-state index contributed by atoms with van der Waals surface area (Å²) >= 11 is 0. The van der Waals surface area contributed by atoms with Crippen LogP contribution in [-0.4, -0.2) is 43.1 Å². The largest absolute Gasteiger partial charge is 0.507 e. The van der Waals surface area contributed by atoms with Gasteiger partial charge < -0.3 is 5.11 Å². The van der Waals surface area contributed by atoms with Gasteiger partial charge in [-0.2, -0.15) is 5.10 Å². The van der Waals surface area contributed by atoms with Crippen LogP contribution in [0.2, 0.25) is 0 Å². The van der Waals surface area contributed by atoms with Crippen molar-refractivity contribution < 1.29 is 14.7 Å². The Hall–Kier alpha value is -3.22. The molecule has 1 saturated heterocycles. The predicted octanol–water partition coefficient (Wildman–Crippen LogP) is 4.55. The third-order valence-electron chi connectivity index (χ3n) is 6.17. The lowest BCUT2D eigenvalue weighted by Crippen LogP contribution is -2.34. The number of benzene rings is 1. The first-order valence-electron chi connectivity index (χ1n) is 11.4. The summed E-state index contributed by atoms with van der Waals surface area (Å²) in [6.45, 7) is 12.8. The first kappa shape index (κ1) is 23.0. The number of pyridine rings is 1. The Morgan fingerprint density at radius 3 is 2.27 bits per heavy atom. The summed E-state index contributed by atoms with van der Waals surface area (Å²) in [7, 11) is 0. The lowest BCUT2D eigenvalue weighted by Gasteiger charge is -2.28. The molecular formula is C26H32N4O3. The van der Waals surface area contributed by atoms with Crippen molar-refractivity contribution in [2.24, 2.45) is 0 Å². The van der Waals surface area contributed by atoms with Gasteiger partial charge >= 0.3 is 0 Å². The molecule has 1 fully saturated rings. The SMILES string of the molecule is CC(C)(C)c1cc(-c2nn(CC(=O)N3CCCC3=O)c3ncccc23)cc(C(C)(C)C)c1O. The van der Waals surface area contributed by atoms with Gasteiger partial charge in [-0.1, -0.05) is 41.5 Å². The van der Waals surface area contributed by atoms with Crippen molar-refractivity contribution in [1.82, 2.24) is 19.7 Å². The van der Waals surface area contributed by atoms with Crippen molar-refractivity contribution in [3.63, 3.8) is 0 Å². The molecular weight excluding hydrogens is 416 g/mol. The van der Waals surface area contributed by atoms with Crippen LogP contribution in [-0.2, 0) is 27.0 Å². The highest BCUT2D eigenvalue weighted by atomic mass is 16.3. The van der Waals surface area contributed by atoms with Gasteiger partial charge in [0.1, 0.15) is 18.0 Å². The summed E-state index contributed by atoms with van der Waals surface area (Å²) in [5.41, 5.74) is 3.30. The number of hydrogen-bond acceptors (Lipinski definition) is 5. The Morgan fingerprint density at radius 2 is 1.73 bits per heavy atom. The highest BCUT2D eigenvalue weighted by Crippen LogP contribution is 2.42. The molecule has 7 nitrogen and oxygen atoms in total. The zero-order valence-electron chi connectivity index (χ0n) is 20.3. The fourth-order valence-electron chi connectivity index (χ4n) is 4.37. The van der Waals surface area contributed by atoms with Crippen LogP contribution in [0.3, 0.4) is 0 Å². The summed E-state index contributed by atoms with van der Waals surface area (Å²) in [5.74, 6) is -0.0910. The lowest BCUT2D eigenvalue weighted by atomic mass is 9.78. The Balaban J connectivity index is 1.87. The molecule has 0 radical (unpaired) electrons. The van der Waals surface area contributed by atoms with Gasteiger partial charge in [0.2, 0.25) is 5.91 Å². The fraction of sp³-hybridized carbons (Fsp3) is 0.462. The Labute approximate surface area is 194 Å². The molecule has 3 aromatic rings. The van der Waals surface area contributed by atoms with E-state index in [0.717, 1.165) is 22.1 Å². The molecule has 1 aliphatic heterocycles. The first-order valence-corrected chi connectivity index (χ1v) is 11.4. The topological polar surface area (TPSA) is 88.3 Å². The summed E-state index contributed by atoms with van der Waals surface area (Å²) in [5, 5.41) is 16.7. The monoisotopic (exact) mass is 448 g/mol. The van der Waals surface area contributed by atoms with Crippen LogP contribution < -0.4 is 0 Å². The van der Waals surface area contributed by atoms with E-state index in [9.17, 15) is 14.7 Å². The number of hydrogen-bond donors (Lipinski definition) is 1. The van der Waals surface area contributed by atoms with Crippen LogP contribution >= 0.6 is 0 Å². The maximum Gasteiger partial charge on any atom is 0.250 e. The number of aromatic hydroxyl groups is 1. The highest BCUT2D eigenvalue weighted by Gasteiger charge is 2.30. The number of carbonyl (C=O) groups excluding carboxylic acids is 2. The van der Waals surface area contributed by atoms with Crippen LogP contribution in [0, 0.1) is 0 Å². The van der Waals surface area contributed by atoms with Crippen LogP contribution in [0.15, 0.2) is 30.5 Å². The van der Waals surface area contributed by atoms with Crippen LogP contribution in [0.1, 0.15) is 65.5 Å². The zero-order valence-corrected chi connectivity index (χ0v) is 20.3. The normalized spacial score (nSPS) is 15.0. The third kappa shape index (κ3) is 4.24. The van der Waals surface area contributed by atoms with E-state index in [1.54, 1.807) is 10.9 Å². The highest BCUT2D eigenvalue weighted by molar-refractivity contribution is 5.97. The molecule has 1 aliphatic rings. The van der Waals surface area contributed by atoms with Crippen LogP contribution in [0.4, 0.5) is 0 Å². The van der Waals surface area contributed by atoms with Crippen molar-refractivity contribution in [2.45, 2.75) is 71.8 Å². The molecule has 0 saturated carbocycles. The van der Waals surface area contributed by atoms with E-state index in [0.29, 0.717) is 36.5 Å². The van der Waals surface area contributed by atoms with Crippen molar-refractivity contribution in [3.05, 3.63) is 41.6 Å². The number of rotatable bonds is 3. The second kappa shape index (κ2) is 7.97. The van der Waals surface area contributed by atoms with Crippen molar-refractivity contribution in [1.29, 1.82) is 0 Å². The van der Waals surface area contributed by atoms with E-state index in [1.165, 1.54) is 4.90 Å². The van der Waals surface area contributed by atoms with Gasteiger partial charge in [-0.25, -0.2) is 9.67 Å². The minimum atomic E-state index is -0.275. The van der Waals surface area contributed by atoms with Gasteiger partial charge in [-0.3, -0.25) is 14.5 Å². The number of aromatic nitrogens is 3. The number of nitrogens with zero attached hydrogens (tertiary/aromatic N) is 4. The maximum atomic E-state index is 12.8. The second-order valence-corrected chi connectivity index (χ2v) is 10.8. The molecule has 1 aromatic carbocycles. The smallest absolute Gasteiger partial charge is 0.250 e. The number of imide groups is 1. The van der Waals surface area contributed by atoms with Gasteiger partial charge in [-0.05, 0) is 41.5 Å². The van der Waals surface area contributed by atoms with E-state index >= 15 is 0 Å². The van der Waals surface area contributed by atoms with E-state index in [4.69, 9.17) is 5.10 Å². The molecule has 0 atom stereocenters. The van der Waals surface area contributed by atoms with Gasteiger partial charge in [0.25, 0.3) is 5.91 Å². The minimum Gasteiger partial charge on any atom is -0.507 e. The van der Waals surface area contributed by atoms with E-state index < -0.39 is 0 Å². The standard InChI is InChI=1S/C26H32N4O3/c1-25(2,3)18-13-16(14-19(23(18)33)26(4,5)6)22-17-9-7-11-27-24(17)30(28-22)15-21(32)29-12-8-10-20(29)31/h7,9,11,13-14,33H,8,10,12,15H2,1-6H3. The quantitative estimate of drug-likeness (QED) is 0.635. The first-order chi connectivity index (χ1) is 15.4. The number of phenols is 1. The molecule has 0 spiro atoms. The van der Waals surface area contributed by atoms with Crippen molar-refractivity contribution >= 4 is 22.8 Å². The van der Waals surface area contributed by atoms with E-state index in [2.05, 4.69) is 46.5 Å². The number of amides is 2. The second-order valence-electron chi connectivity index (χ2n) is 10.8. The molecule has 1 N–H and O–H groups in total. The molecule has 4 rings (SSSR count). The number of fused-ring (bicyclic) bond motifs is 1. The molecule has 2 aromatic heterocycles. The minimum absolute atomic E-state index is 0.0460. The summed E-state index contributed by atoms with van der Waals surface area (Å²) in [6.07, 6.45) is 2.79. The lowest BCUT2D eigenvalue weighted by molar-refractivity contribution is -0.142. The maximum absolute atomic E-state index is 12.8. The van der Waals surface area contributed by atoms with E-state index in [-0.39, 0.29) is 29.2 Å². The van der Waals surface area contributed by atoms with Crippen molar-refractivity contribution in [2.75, 3.05) is 6.54 Å². The molecule has 33 heavy (non-hydrogen) atoms. The Bertz CT molecular complexity index is 1210. The zero-order chi connectivity index (χ0) is 24.1. The van der Waals surface area contributed by atoms with Crippen molar-refractivity contribution in [3.8, 4) is 17.0 Å². The average Bonchev–Trinajstić information content (AvgIpc) is 3.30. The molecule has 174 valence electrons. The number of likely N-dealkylation sites (tertiary alicyclic amines) is 1. The van der Waals surface area contributed by atoms with Crippen LogP contribution in [0.5, 0.6) is 5.75 Å².